The quantitative estimate of drug-likeness (QED) is 0.134. The van der Waals surface area contributed by atoms with Crippen LogP contribution in [0.2, 0.25) is 0 Å². The van der Waals surface area contributed by atoms with E-state index in [-0.39, 0.29) is 24.0 Å². The van der Waals surface area contributed by atoms with Gasteiger partial charge in [-0.1, -0.05) is 135 Å². The lowest BCUT2D eigenvalue weighted by molar-refractivity contribution is -0.619. The maximum Gasteiger partial charge on any atom is 0.228 e. The standard InChI is InChI=1S/C35H33NO4.C2H6O/c1-25(2)33(37)30-23-31(39-34(26-15-7-3-8-16-26)27-17-9-4-10-18-27)32(24-36(30)38)40-35(28-19-11-5-12-20-28)29-21-13-6-14-22-29;1-2-3/h3-25,33-35,37H,1-2H3;3H,2H2,1H3/t33-;/m0./s1. The first kappa shape index (κ1) is 31.3. The molecular formula is C37H39NO5. The Labute approximate surface area is 254 Å². The molecule has 222 valence electrons. The van der Waals surface area contributed by atoms with Crippen molar-refractivity contribution < 1.29 is 24.4 Å². The highest BCUT2D eigenvalue weighted by Crippen LogP contribution is 2.39. The summed E-state index contributed by atoms with van der Waals surface area (Å²) < 4.78 is 14.0. The Kier molecular flexibility index (Phi) is 11.3. The molecule has 2 N–H and O–H groups in total. The van der Waals surface area contributed by atoms with Crippen LogP contribution in [0, 0.1) is 11.1 Å². The summed E-state index contributed by atoms with van der Waals surface area (Å²) in [5.41, 5.74) is 3.98. The van der Waals surface area contributed by atoms with Gasteiger partial charge in [-0.05, 0) is 35.1 Å². The minimum Gasteiger partial charge on any atom is -0.618 e. The average molecular weight is 578 g/mol. The van der Waals surface area contributed by atoms with Crippen LogP contribution < -0.4 is 14.2 Å². The fourth-order valence-corrected chi connectivity index (χ4v) is 4.67. The van der Waals surface area contributed by atoms with Crippen molar-refractivity contribution >= 4 is 0 Å². The molecule has 0 aliphatic rings. The number of benzene rings is 4. The second-order valence-corrected chi connectivity index (χ2v) is 10.4. The highest BCUT2D eigenvalue weighted by atomic mass is 16.5. The first-order valence-electron chi connectivity index (χ1n) is 14.5. The number of hydrogen-bond acceptors (Lipinski definition) is 5. The van der Waals surface area contributed by atoms with Crippen LogP contribution in [0.4, 0.5) is 0 Å². The first-order valence-corrected chi connectivity index (χ1v) is 14.5. The Morgan fingerprint density at radius 2 is 0.953 bits per heavy atom. The van der Waals surface area contributed by atoms with Gasteiger partial charge in [-0.2, -0.15) is 4.73 Å². The van der Waals surface area contributed by atoms with Crippen molar-refractivity contribution in [3.8, 4) is 11.5 Å². The number of aliphatic hydroxyl groups is 2. The van der Waals surface area contributed by atoms with Crippen LogP contribution in [0.5, 0.6) is 11.5 Å². The van der Waals surface area contributed by atoms with Gasteiger partial charge in [0.15, 0.2) is 5.75 Å². The summed E-state index contributed by atoms with van der Waals surface area (Å²) in [5.74, 6) is 0.487. The van der Waals surface area contributed by atoms with Crippen LogP contribution in [-0.2, 0) is 0 Å². The molecule has 0 radical (unpaired) electrons. The summed E-state index contributed by atoms with van der Waals surface area (Å²) in [7, 11) is 0. The molecule has 0 spiro atoms. The van der Waals surface area contributed by atoms with Gasteiger partial charge < -0.3 is 24.9 Å². The van der Waals surface area contributed by atoms with E-state index < -0.39 is 18.3 Å². The van der Waals surface area contributed by atoms with Gasteiger partial charge in [0.2, 0.25) is 17.6 Å². The molecule has 5 aromatic rings. The topological polar surface area (TPSA) is 85.9 Å². The van der Waals surface area contributed by atoms with Gasteiger partial charge in [-0.15, -0.1) is 0 Å². The Morgan fingerprint density at radius 1 is 0.628 bits per heavy atom. The molecule has 6 nitrogen and oxygen atoms in total. The van der Waals surface area contributed by atoms with Crippen molar-refractivity contribution in [1.82, 2.24) is 0 Å². The molecule has 6 heteroatoms. The summed E-state index contributed by atoms with van der Waals surface area (Å²) in [6, 6.07) is 41.2. The fraction of sp³-hybridized carbons (Fsp3) is 0.216. The number of rotatable bonds is 10. The third-order valence-corrected chi connectivity index (χ3v) is 6.84. The van der Waals surface area contributed by atoms with E-state index in [1.807, 2.05) is 135 Å². The molecule has 0 fully saturated rings. The van der Waals surface area contributed by atoms with E-state index in [0.29, 0.717) is 10.5 Å². The van der Waals surface area contributed by atoms with Gasteiger partial charge in [0, 0.05) is 6.61 Å². The Balaban J connectivity index is 0.00000135. The predicted octanol–water partition coefficient (Wildman–Crippen LogP) is 7.34. The average Bonchev–Trinajstić information content (AvgIpc) is 3.05. The van der Waals surface area contributed by atoms with Gasteiger partial charge >= 0.3 is 0 Å². The Hall–Kier alpha value is -4.65. The predicted molar refractivity (Wildman–Crippen MR) is 169 cm³/mol. The highest BCUT2D eigenvalue weighted by Gasteiger charge is 2.29. The van der Waals surface area contributed by atoms with E-state index in [2.05, 4.69) is 0 Å². The number of aliphatic hydroxyl groups excluding tert-OH is 2. The summed E-state index contributed by atoms with van der Waals surface area (Å²) in [6.07, 6.45) is -0.567. The maximum atomic E-state index is 13.2. The monoisotopic (exact) mass is 577 g/mol. The van der Waals surface area contributed by atoms with E-state index >= 15 is 0 Å². The molecule has 0 saturated carbocycles. The van der Waals surface area contributed by atoms with E-state index in [4.69, 9.17) is 14.6 Å². The van der Waals surface area contributed by atoms with E-state index in [1.54, 1.807) is 13.0 Å². The molecule has 1 atom stereocenters. The van der Waals surface area contributed by atoms with Crippen LogP contribution in [0.15, 0.2) is 134 Å². The molecule has 0 bridgehead atoms. The van der Waals surface area contributed by atoms with Gasteiger partial charge in [-0.25, -0.2) is 0 Å². The lowest BCUT2D eigenvalue weighted by atomic mass is 10.0. The van der Waals surface area contributed by atoms with Gasteiger partial charge in [0.1, 0.15) is 18.3 Å². The molecular weight excluding hydrogens is 538 g/mol. The Bertz CT molecular complexity index is 1430. The lowest BCUT2D eigenvalue weighted by Gasteiger charge is -2.25. The van der Waals surface area contributed by atoms with Crippen molar-refractivity contribution in [2.24, 2.45) is 5.92 Å². The number of ether oxygens (including phenoxy) is 2. The van der Waals surface area contributed by atoms with Crippen LogP contribution in [-0.4, -0.2) is 16.8 Å². The largest absolute Gasteiger partial charge is 0.618 e. The molecule has 0 aliphatic carbocycles. The maximum absolute atomic E-state index is 13.2. The Morgan fingerprint density at radius 3 is 1.28 bits per heavy atom. The number of hydrogen-bond donors (Lipinski definition) is 2. The molecule has 0 saturated heterocycles. The van der Waals surface area contributed by atoms with E-state index in [1.165, 1.54) is 6.20 Å². The smallest absolute Gasteiger partial charge is 0.228 e. The van der Waals surface area contributed by atoms with Gasteiger partial charge in [0.25, 0.3) is 0 Å². The molecule has 43 heavy (non-hydrogen) atoms. The van der Waals surface area contributed by atoms with Crippen LogP contribution in [0.25, 0.3) is 0 Å². The zero-order chi connectivity index (χ0) is 30.6. The second-order valence-electron chi connectivity index (χ2n) is 10.4. The number of pyridine rings is 1. The first-order chi connectivity index (χ1) is 20.9. The molecule has 0 amide bonds. The minimum atomic E-state index is -0.972. The SMILES string of the molecule is CC(C)[C@H](O)c1cc(OC(c2ccccc2)c2ccccc2)c(OC(c2ccccc2)c2ccccc2)c[n+]1[O-].CCO. The van der Waals surface area contributed by atoms with Gasteiger partial charge in [0.05, 0.1) is 6.07 Å². The summed E-state index contributed by atoms with van der Waals surface area (Å²) in [4.78, 5) is 0. The molecule has 4 aromatic carbocycles. The van der Waals surface area contributed by atoms with E-state index in [9.17, 15) is 10.3 Å². The summed E-state index contributed by atoms with van der Waals surface area (Å²) >= 11 is 0. The number of aromatic nitrogens is 1. The van der Waals surface area contributed by atoms with Crippen LogP contribution >= 0.6 is 0 Å². The third-order valence-electron chi connectivity index (χ3n) is 6.84. The van der Waals surface area contributed by atoms with Crippen molar-refractivity contribution in [3.63, 3.8) is 0 Å². The van der Waals surface area contributed by atoms with E-state index in [0.717, 1.165) is 22.3 Å². The third kappa shape index (κ3) is 8.22. The molecule has 5 rings (SSSR count). The summed E-state index contributed by atoms with van der Waals surface area (Å²) in [6.45, 7) is 5.67. The number of nitrogens with zero attached hydrogens (tertiary/aromatic N) is 1. The molecule has 0 unspecified atom stereocenters. The van der Waals surface area contributed by atoms with Crippen LogP contribution in [0.1, 0.15) is 67.0 Å². The van der Waals surface area contributed by atoms with Crippen molar-refractivity contribution in [3.05, 3.63) is 167 Å². The van der Waals surface area contributed by atoms with Crippen molar-refractivity contribution in [1.29, 1.82) is 0 Å². The normalized spacial score (nSPS) is 11.6. The van der Waals surface area contributed by atoms with Gasteiger partial charge in [-0.3, -0.25) is 0 Å². The van der Waals surface area contributed by atoms with Crippen molar-refractivity contribution in [2.45, 2.75) is 39.1 Å². The zero-order valence-corrected chi connectivity index (χ0v) is 24.8. The molecule has 0 aliphatic heterocycles. The molecule has 1 heterocycles. The fourth-order valence-electron chi connectivity index (χ4n) is 4.67. The summed E-state index contributed by atoms with van der Waals surface area (Å²) in [5, 5.41) is 31.7. The highest BCUT2D eigenvalue weighted by molar-refractivity contribution is 5.42. The second kappa shape index (κ2) is 15.5. The zero-order valence-electron chi connectivity index (χ0n) is 24.8. The lowest BCUT2D eigenvalue weighted by Crippen LogP contribution is -2.35. The van der Waals surface area contributed by atoms with Crippen LogP contribution in [0.3, 0.4) is 0 Å². The molecule has 1 aromatic heterocycles. The van der Waals surface area contributed by atoms with Crippen molar-refractivity contribution in [2.75, 3.05) is 6.61 Å². The minimum absolute atomic E-state index is 0.166.